The number of aliphatic hydroxyl groups is 1. The molecule has 2 heterocycles. The monoisotopic (exact) mass is 769 g/mol. The summed E-state index contributed by atoms with van der Waals surface area (Å²) in [7, 11) is 1.62. The van der Waals surface area contributed by atoms with Crippen molar-refractivity contribution in [2.45, 2.75) is 48.5 Å². The van der Waals surface area contributed by atoms with E-state index in [-0.39, 0.29) is 5.75 Å². The molecular weight excluding hydrogens is 723 g/mol. The molecule has 1 amide bonds. The fraction of sp³-hybridized carbons (Fsp3) is 0.244. The summed E-state index contributed by atoms with van der Waals surface area (Å²) in [6, 6.07) is 32.4. The third kappa shape index (κ3) is 9.03. The molecule has 0 bridgehead atoms. The van der Waals surface area contributed by atoms with E-state index >= 15 is 0 Å². The summed E-state index contributed by atoms with van der Waals surface area (Å²) in [5.41, 5.74) is 14.2. The number of nitrogens with one attached hydrogen (secondary N) is 3. The molecular formula is C45H47N5O5S. The van der Waals surface area contributed by atoms with Gasteiger partial charge in [0, 0.05) is 51.8 Å². The number of carbonyl (C=O) groups excluding carboxylic acids is 1. The molecule has 1 atom stereocenters. The molecule has 0 saturated carbocycles. The van der Waals surface area contributed by atoms with Crippen LogP contribution in [0.2, 0.25) is 0 Å². The summed E-state index contributed by atoms with van der Waals surface area (Å²) in [5.74, 6) is 0.816. The van der Waals surface area contributed by atoms with Gasteiger partial charge in [-0.05, 0) is 104 Å². The average Bonchev–Trinajstić information content (AvgIpc) is 3.21. The predicted molar refractivity (Wildman–Crippen MR) is 225 cm³/mol. The van der Waals surface area contributed by atoms with Gasteiger partial charge in [0.2, 0.25) is 0 Å². The van der Waals surface area contributed by atoms with E-state index in [2.05, 4.69) is 81.6 Å². The van der Waals surface area contributed by atoms with E-state index in [1.807, 2.05) is 31.2 Å². The average molecular weight is 770 g/mol. The lowest BCUT2D eigenvalue weighted by atomic mass is 10.0. The van der Waals surface area contributed by atoms with E-state index in [0.29, 0.717) is 53.7 Å². The molecule has 7 N–H and O–H groups in total. The van der Waals surface area contributed by atoms with E-state index < -0.39 is 12.0 Å². The Labute approximate surface area is 331 Å². The zero-order chi connectivity index (χ0) is 39.0. The SMILES string of the molecule is COc1cccc(Nc2c(C(N)=O)cnc3c(C)cc(Sc4ccc(-c5ccc(CCCCCNC[C@H](O)c6ccc(O)c7c6OCCN7)cc5)cc4)cc23)c1. The summed E-state index contributed by atoms with van der Waals surface area (Å²) in [5, 5.41) is 31.6. The number of nitrogens with two attached hydrogens (primary N) is 1. The van der Waals surface area contributed by atoms with Gasteiger partial charge in [0.25, 0.3) is 5.91 Å². The van der Waals surface area contributed by atoms with Crippen LogP contribution in [0.4, 0.5) is 17.1 Å². The summed E-state index contributed by atoms with van der Waals surface area (Å²) in [4.78, 5) is 19.2. The second-order valence-electron chi connectivity index (χ2n) is 13.9. The number of anilines is 3. The first-order valence-electron chi connectivity index (χ1n) is 18.9. The van der Waals surface area contributed by atoms with Crippen LogP contribution in [-0.4, -0.2) is 54.5 Å². The molecule has 0 radical (unpaired) electrons. The van der Waals surface area contributed by atoms with Crippen LogP contribution in [0.15, 0.2) is 113 Å². The van der Waals surface area contributed by atoms with Crippen LogP contribution < -0.4 is 31.2 Å². The Balaban J connectivity index is 0.914. The van der Waals surface area contributed by atoms with Crippen LogP contribution in [0.5, 0.6) is 17.2 Å². The Morgan fingerprint density at radius 2 is 1.77 bits per heavy atom. The number of aryl methyl sites for hydroxylation is 2. The number of aliphatic hydroxyl groups excluding tert-OH is 1. The van der Waals surface area contributed by atoms with Gasteiger partial charge < -0.3 is 41.4 Å². The maximum Gasteiger partial charge on any atom is 0.252 e. The Morgan fingerprint density at radius 3 is 2.54 bits per heavy atom. The van der Waals surface area contributed by atoms with Gasteiger partial charge in [0.05, 0.1) is 30.0 Å². The zero-order valence-corrected chi connectivity index (χ0v) is 32.4. The molecule has 0 spiro atoms. The first-order chi connectivity index (χ1) is 27.3. The topological polar surface area (TPSA) is 151 Å². The second kappa shape index (κ2) is 17.8. The smallest absolute Gasteiger partial charge is 0.252 e. The van der Waals surface area contributed by atoms with Crippen LogP contribution >= 0.6 is 11.8 Å². The molecule has 10 nitrogen and oxygen atoms in total. The Kier molecular flexibility index (Phi) is 12.2. The van der Waals surface area contributed by atoms with E-state index in [1.54, 1.807) is 31.0 Å². The number of methoxy groups -OCH3 is 1. The number of fused-ring (bicyclic) bond motifs is 2. The predicted octanol–water partition coefficient (Wildman–Crippen LogP) is 8.76. The first kappa shape index (κ1) is 38.5. The number of phenols is 1. The fourth-order valence-electron chi connectivity index (χ4n) is 7.00. The van der Waals surface area contributed by atoms with Crippen molar-refractivity contribution in [3.05, 3.63) is 126 Å². The molecule has 1 aliphatic heterocycles. The number of unbranched alkanes of at least 4 members (excludes halogenated alkanes) is 2. The van der Waals surface area contributed by atoms with Gasteiger partial charge in [-0.15, -0.1) is 0 Å². The van der Waals surface area contributed by atoms with E-state index in [1.165, 1.54) is 17.3 Å². The minimum Gasteiger partial charge on any atom is -0.506 e. The highest BCUT2D eigenvalue weighted by molar-refractivity contribution is 7.99. The molecule has 5 aromatic carbocycles. The number of hydrogen-bond donors (Lipinski definition) is 6. The van der Waals surface area contributed by atoms with Crippen LogP contribution in [0.25, 0.3) is 22.0 Å². The highest BCUT2D eigenvalue weighted by atomic mass is 32.2. The third-order valence-corrected chi connectivity index (χ3v) is 10.9. The Morgan fingerprint density at radius 1 is 0.982 bits per heavy atom. The van der Waals surface area contributed by atoms with Crippen LogP contribution in [0.1, 0.15) is 52.4 Å². The normalized spacial score (nSPS) is 12.7. The minimum absolute atomic E-state index is 0.132. The minimum atomic E-state index is -0.716. The lowest BCUT2D eigenvalue weighted by molar-refractivity contribution is 0.100. The molecule has 6 aromatic rings. The molecule has 0 saturated heterocycles. The number of nitrogens with zero attached hydrogens (tertiary/aromatic N) is 1. The largest absolute Gasteiger partial charge is 0.506 e. The van der Waals surface area contributed by atoms with Gasteiger partial charge in [-0.2, -0.15) is 0 Å². The van der Waals surface area contributed by atoms with Crippen molar-refractivity contribution >= 4 is 45.6 Å². The maximum atomic E-state index is 12.5. The number of amides is 1. The number of benzene rings is 5. The highest BCUT2D eigenvalue weighted by Gasteiger charge is 2.22. The fourth-order valence-corrected chi connectivity index (χ4v) is 7.96. The van der Waals surface area contributed by atoms with Gasteiger partial charge in [0.15, 0.2) is 5.75 Å². The number of aromatic nitrogens is 1. The van der Waals surface area contributed by atoms with Crippen LogP contribution in [0.3, 0.4) is 0 Å². The molecule has 0 aliphatic carbocycles. The molecule has 0 unspecified atom stereocenters. The molecule has 288 valence electrons. The van der Waals surface area contributed by atoms with E-state index in [9.17, 15) is 15.0 Å². The van der Waals surface area contributed by atoms with E-state index in [4.69, 9.17) is 15.2 Å². The molecule has 11 heteroatoms. The van der Waals surface area contributed by atoms with Crippen molar-refractivity contribution < 1.29 is 24.5 Å². The van der Waals surface area contributed by atoms with E-state index in [0.717, 1.165) is 69.7 Å². The maximum absolute atomic E-state index is 12.5. The number of phenolic OH excluding ortho intramolecular Hbond substituents is 1. The number of rotatable bonds is 16. The number of ether oxygens (including phenoxy) is 2. The van der Waals surface area contributed by atoms with Crippen molar-refractivity contribution in [3.63, 3.8) is 0 Å². The van der Waals surface area contributed by atoms with Crippen LogP contribution in [-0.2, 0) is 6.42 Å². The number of pyridine rings is 1. The lowest BCUT2D eigenvalue weighted by Gasteiger charge is -2.24. The Hall–Kier alpha value is -5.75. The standard InChI is InChI=1S/C45H47N5O5S/c1-28-23-35(25-37-41(28)49-26-38(45(46)53)42(37)50-32-8-6-9-33(24-32)54-2)56-34-16-14-31(15-17-34)30-12-10-29(11-13-30)7-4-3-5-20-47-27-40(52)36-18-19-39(51)43-44(36)55-22-21-48-43/h6,8-19,23-26,40,47-48,51-52H,3-5,7,20-22,27H2,1-2H3,(H2,46,53)(H,49,50)/t40-/m0/s1. The van der Waals surface area contributed by atoms with Crippen molar-refractivity contribution in [2.24, 2.45) is 5.73 Å². The quantitative estimate of drug-likeness (QED) is 0.0417. The van der Waals surface area contributed by atoms with Gasteiger partial charge >= 0.3 is 0 Å². The first-order valence-corrected chi connectivity index (χ1v) is 19.7. The summed E-state index contributed by atoms with van der Waals surface area (Å²) >= 11 is 1.66. The highest BCUT2D eigenvalue weighted by Crippen LogP contribution is 2.41. The number of carbonyl (C=O) groups is 1. The molecule has 1 aromatic heterocycles. The van der Waals surface area contributed by atoms with Crippen molar-refractivity contribution in [3.8, 4) is 28.4 Å². The summed E-state index contributed by atoms with van der Waals surface area (Å²) in [6.07, 6.45) is 5.03. The van der Waals surface area contributed by atoms with Gasteiger partial charge in [-0.25, -0.2) is 0 Å². The third-order valence-electron chi connectivity index (χ3n) is 9.95. The van der Waals surface area contributed by atoms with Gasteiger partial charge in [0.1, 0.15) is 23.8 Å². The van der Waals surface area contributed by atoms with Crippen molar-refractivity contribution in [1.29, 1.82) is 0 Å². The molecule has 56 heavy (non-hydrogen) atoms. The number of hydrogen-bond acceptors (Lipinski definition) is 10. The van der Waals surface area contributed by atoms with Crippen molar-refractivity contribution in [2.75, 3.05) is 44.0 Å². The zero-order valence-electron chi connectivity index (χ0n) is 31.6. The summed E-state index contributed by atoms with van der Waals surface area (Å²) in [6.45, 7) is 4.39. The van der Waals surface area contributed by atoms with Gasteiger partial charge in [-0.3, -0.25) is 9.78 Å². The van der Waals surface area contributed by atoms with Gasteiger partial charge in [-0.1, -0.05) is 60.6 Å². The Bertz CT molecular complexity index is 2320. The number of primary amides is 1. The van der Waals surface area contributed by atoms with Crippen LogP contribution in [0, 0.1) is 6.92 Å². The molecule has 0 fully saturated rings. The number of aromatic hydroxyl groups is 1. The molecule has 7 rings (SSSR count). The molecule has 1 aliphatic rings. The second-order valence-corrected chi connectivity index (χ2v) is 15.1. The van der Waals surface area contributed by atoms with Crippen molar-refractivity contribution in [1.82, 2.24) is 10.3 Å². The summed E-state index contributed by atoms with van der Waals surface area (Å²) < 4.78 is 11.1. The lowest BCUT2D eigenvalue weighted by Crippen LogP contribution is -2.25.